The van der Waals surface area contributed by atoms with Crippen LogP contribution in [0.25, 0.3) is 10.8 Å². The van der Waals surface area contributed by atoms with Crippen molar-refractivity contribution in [1.29, 1.82) is 0 Å². The minimum Gasteiger partial charge on any atom is -0.494 e. The fraction of sp³-hybridized carbons (Fsp3) is 0.261. The van der Waals surface area contributed by atoms with Gasteiger partial charge in [-0.15, -0.1) is 0 Å². The van der Waals surface area contributed by atoms with Crippen LogP contribution >= 0.6 is 0 Å². The van der Waals surface area contributed by atoms with Crippen molar-refractivity contribution in [3.63, 3.8) is 0 Å². The molecule has 168 valence electrons. The highest BCUT2D eigenvalue weighted by Crippen LogP contribution is 2.23. The van der Waals surface area contributed by atoms with Crippen LogP contribution < -0.4 is 21.1 Å². The number of halogens is 1. The number of hydrogen-bond donors (Lipinski definition) is 4. The van der Waals surface area contributed by atoms with Gasteiger partial charge in [-0.2, -0.15) is 0 Å². The zero-order valence-corrected chi connectivity index (χ0v) is 17.9. The number of amides is 1. The number of amidine groups is 1. The second-order valence-corrected chi connectivity index (χ2v) is 7.07. The molecule has 1 unspecified atom stereocenters. The number of aromatic nitrogens is 1. The number of nitrogens with one attached hydrogen (secondary N) is 2. The number of anilines is 1. The van der Waals surface area contributed by atoms with Crippen LogP contribution in [0.3, 0.4) is 0 Å². The Kier molecular flexibility index (Phi) is 7.69. The van der Waals surface area contributed by atoms with Crippen LogP contribution in [0.2, 0.25) is 0 Å². The number of fused-ring (bicyclic) bond motifs is 1. The van der Waals surface area contributed by atoms with Crippen LogP contribution in [-0.4, -0.2) is 49.1 Å². The molecule has 0 saturated heterocycles. The zero-order valence-electron chi connectivity index (χ0n) is 17.9. The molecular weight excluding hydrogens is 413 g/mol. The molecule has 0 spiro atoms. The first-order chi connectivity index (χ1) is 15.5. The van der Waals surface area contributed by atoms with E-state index in [1.54, 1.807) is 37.5 Å². The van der Waals surface area contributed by atoms with Gasteiger partial charge >= 0.3 is 0 Å². The predicted molar refractivity (Wildman–Crippen MR) is 123 cm³/mol. The number of carbonyl (C=O) groups is 1. The molecule has 0 radical (unpaired) electrons. The Morgan fingerprint density at radius 1 is 1.25 bits per heavy atom. The molecule has 8 nitrogen and oxygen atoms in total. The van der Waals surface area contributed by atoms with Crippen molar-refractivity contribution in [3.8, 4) is 5.75 Å². The van der Waals surface area contributed by atoms with Crippen molar-refractivity contribution in [1.82, 2.24) is 10.3 Å². The van der Waals surface area contributed by atoms with Crippen LogP contribution in [-0.2, 0) is 0 Å². The van der Waals surface area contributed by atoms with Gasteiger partial charge in [-0.25, -0.2) is 9.37 Å². The summed E-state index contributed by atoms with van der Waals surface area (Å²) in [6.45, 7) is 0.0744. The Labute approximate surface area is 185 Å². The summed E-state index contributed by atoms with van der Waals surface area (Å²) in [7, 11) is 3.04. The second-order valence-electron chi connectivity index (χ2n) is 7.07. The van der Waals surface area contributed by atoms with Gasteiger partial charge in [0, 0.05) is 30.6 Å². The minimum atomic E-state index is -0.771. The van der Waals surface area contributed by atoms with Crippen molar-refractivity contribution >= 4 is 28.3 Å². The maximum Gasteiger partial charge on any atom is 0.251 e. The average Bonchev–Trinajstić information content (AvgIpc) is 2.81. The maximum atomic E-state index is 14.0. The summed E-state index contributed by atoms with van der Waals surface area (Å²) in [5.41, 5.74) is 6.42. The van der Waals surface area contributed by atoms with Crippen LogP contribution in [0.5, 0.6) is 5.75 Å². The lowest BCUT2D eigenvalue weighted by Gasteiger charge is -2.18. The molecule has 3 aromatic rings. The molecule has 5 N–H and O–H groups in total. The first-order valence-corrected chi connectivity index (χ1v) is 10.1. The first kappa shape index (κ1) is 23.1. The SMILES string of the molecule is CN=C(CCN)Nc1cc2cc(C(=O)NC(CO)c3ccc(OC)c(F)c3)ccc2cn1. The molecule has 0 aliphatic rings. The second kappa shape index (κ2) is 10.7. The molecule has 0 aliphatic carbocycles. The molecule has 2 aromatic carbocycles. The predicted octanol–water partition coefficient (Wildman–Crippen LogP) is 2.63. The van der Waals surface area contributed by atoms with E-state index in [4.69, 9.17) is 10.5 Å². The van der Waals surface area contributed by atoms with Gasteiger partial charge in [-0.1, -0.05) is 12.1 Å². The van der Waals surface area contributed by atoms with E-state index >= 15 is 0 Å². The topological polar surface area (TPSA) is 122 Å². The Hall–Kier alpha value is -3.56. The van der Waals surface area contributed by atoms with E-state index in [9.17, 15) is 14.3 Å². The highest BCUT2D eigenvalue weighted by atomic mass is 19.1. The smallest absolute Gasteiger partial charge is 0.251 e. The van der Waals surface area contributed by atoms with Gasteiger partial charge in [0.2, 0.25) is 0 Å². The number of rotatable bonds is 8. The molecule has 1 atom stereocenters. The summed E-state index contributed by atoms with van der Waals surface area (Å²) in [5, 5.41) is 17.3. The molecule has 1 aromatic heterocycles. The summed E-state index contributed by atoms with van der Waals surface area (Å²) in [6, 6.07) is 10.5. The molecule has 32 heavy (non-hydrogen) atoms. The highest BCUT2D eigenvalue weighted by molar-refractivity contribution is 6.00. The molecule has 1 amide bonds. The summed E-state index contributed by atoms with van der Waals surface area (Å²) >= 11 is 0. The third kappa shape index (κ3) is 5.37. The normalized spacial score (nSPS) is 12.5. The lowest BCUT2D eigenvalue weighted by atomic mass is 10.0. The Balaban J connectivity index is 1.81. The molecule has 1 heterocycles. The largest absolute Gasteiger partial charge is 0.494 e. The van der Waals surface area contributed by atoms with E-state index in [1.165, 1.54) is 19.2 Å². The maximum absolute atomic E-state index is 14.0. The fourth-order valence-corrected chi connectivity index (χ4v) is 3.24. The van der Waals surface area contributed by atoms with Crippen molar-refractivity contribution in [2.45, 2.75) is 12.5 Å². The van der Waals surface area contributed by atoms with Crippen molar-refractivity contribution in [2.75, 3.05) is 32.6 Å². The molecule has 0 saturated carbocycles. The monoisotopic (exact) mass is 439 g/mol. The molecular formula is C23H26FN5O3. The minimum absolute atomic E-state index is 0.0899. The summed E-state index contributed by atoms with van der Waals surface area (Å²) in [4.78, 5) is 21.3. The zero-order chi connectivity index (χ0) is 23.1. The quantitative estimate of drug-likeness (QED) is 0.316. The van der Waals surface area contributed by atoms with Crippen LogP contribution in [0, 0.1) is 5.82 Å². The summed E-state index contributed by atoms with van der Waals surface area (Å²) in [6.07, 6.45) is 2.29. The van der Waals surface area contributed by atoms with Crippen LogP contribution in [0.15, 0.2) is 53.7 Å². The molecule has 0 bridgehead atoms. The van der Waals surface area contributed by atoms with Gasteiger partial charge in [-0.3, -0.25) is 9.79 Å². The summed E-state index contributed by atoms with van der Waals surface area (Å²) < 4.78 is 18.9. The molecule has 0 aliphatic heterocycles. The number of aliphatic imine (C=N–C) groups is 1. The Morgan fingerprint density at radius 2 is 2.06 bits per heavy atom. The Bertz CT molecular complexity index is 1140. The van der Waals surface area contributed by atoms with E-state index < -0.39 is 17.8 Å². The standard InChI is InChI=1S/C23H26FN5O3/c1-26-21(7-8-25)29-22-11-17-9-15(3-4-16(17)12-27-22)23(31)28-19(13-30)14-5-6-20(32-2)18(24)10-14/h3-6,9-12,19,30H,7-8,13,25H2,1-2H3,(H,28,31)(H,26,27,29). The van der Waals surface area contributed by atoms with E-state index in [0.29, 0.717) is 35.7 Å². The van der Waals surface area contributed by atoms with Crippen molar-refractivity contribution in [2.24, 2.45) is 10.7 Å². The number of aliphatic hydroxyl groups excluding tert-OH is 1. The number of nitrogens with zero attached hydrogens (tertiary/aromatic N) is 2. The number of ether oxygens (including phenoxy) is 1. The van der Waals surface area contributed by atoms with Gasteiger partial charge in [0.25, 0.3) is 5.91 Å². The molecule has 9 heteroatoms. The lowest BCUT2D eigenvalue weighted by Crippen LogP contribution is -2.30. The molecule has 0 fully saturated rings. The number of benzene rings is 2. The van der Waals surface area contributed by atoms with E-state index in [-0.39, 0.29) is 12.4 Å². The first-order valence-electron chi connectivity index (χ1n) is 10.1. The van der Waals surface area contributed by atoms with Gasteiger partial charge < -0.3 is 26.2 Å². The molecule has 3 rings (SSSR count). The third-order valence-electron chi connectivity index (χ3n) is 4.97. The van der Waals surface area contributed by atoms with E-state index in [0.717, 1.165) is 10.8 Å². The van der Waals surface area contributed by atoms with Crippen LogP contribution in [0.4, 0.5) is 10.2 Å². The van der Waals surface area contributed by atoms with Crippen molar-refractivity contribution < 1.29 is 19.0 Å². The number of nitrogens with two attached hydrogens (primary N) is 1. The van der Waals surface area contributed by atoms with Gasteiger partial charge in [0.05, 0.1) is 19.8 Å². The van der Waals surface area contributed by atoms with Gasteiger partial charge in [0.1, 0.15) is 11.7 Å². The average molecular weight is 439 g/mol. The van der Waals surface area contributed by atoms with Gasteiger partial charge in [0.15, 0.2) is 11.6 Å². The van der Waals surface area contributed by atoms with E-state index in [2.05, 4.69) is 20.6 Å². The van der Waals surface area contributed by atoms with Crippen molar-refractivity contribution in [3.05, 3.63) is 65.6 Å². The number of hydrogen-bond acceptors (Lipinski definition) is 6. The lowest BCUT2D eigenvalue weighted by molar-refractivity contribution is 0.0916. The number of methoxy groups -OCH3 is 1. The number of aliphatic hydroxyl groups is 1. The van der Waals surface area contributed by atoms with Crippen LogP contribution in [0.1, 0.15) is 28.4 Å². The van der Waals surface area contributed by atoms with E-state index in [1.807, 2.05) is 6.07 Å². The number of pyridine rings is 1. The third-order valence-corrected chi connectivity index (χ3v) is 4.97. The summed E-state index contributed by atoms with van der Waals surface area (Å²) in [5.74, 6) is 0.428. The van der Waals surface area contributed by atoms with Gasteiger partial charge in [-0.05, 0) is 47.8 Å². The highest BCUT2D eigenvalue weighted by Gasteiger charge is 2.17. The fourth-order valence-electron chi connectivity index (χ4n) is 3.24. The number of carbonyl (C=O) groups excluding carboxylic acids is 1. The Morgan fingerprint density at radius 3 is 2.72 bits per heavy atom.